The molecule has 3 heteroatoms. The van der Waals surface area contributed by atoms with Gasteiger partial charge in [0.25, 0.3) is 0 Å². The van der Waals surface area contributed by atoms with Gasteiger partial charge in [0.05, 0.1) is 0 Å². The molecule has 0 aliphatic carbocycles. The number of benzene rings is 1. The topological polar surface area (TPSA) is 46.3 Å². The fourth-order valence-corrected chi connectivity index (χ4v) is 3.10. The summed E-state index contributed by atoms with van der Waals surface area (Å²) in [6, 6.07) is 7.70. The monoisotopic (exact) mass is 288 g/mol. The molecule has 21 heavy (non-hydrogen) atoms. The van der Waals surface area contributed by atoms with E-state index in [4.69, 9.17) is 5.73 Å². The Morgan fingerprint density at radius 3 is 2.76 bits per heavy atom. The van der Waals surface area contributed by atoms with Gasteiger partial charge in [-0.2, -0.15) is 0 Å². The van der Waals surface area contributed by atoms with Crippen LogP contribution < -0.4 is 5.73 Å². The molecule has 0 atom stereocenters. The molecule has 0 saturated carbocycles. The highest BCUT2D eigenvalue weighted by Gasteiger charge is 2.25. The molecule has 3 nitrogen and oxygen atoms in total. The van der Waals surface area contributed by atoms with Crippen molar-refractivity contribution in [3.05, 3.63) is 35.4 Å². The molecule has 0 aromatic heterocycles. The molecule has 0 bridgehead atoms. The van der Waals surface area contributed by atoms with Gasteiger partial charge in [0.15, 0.2) is 5.78 Å². The van der Waals surface area contributed by atoms with Gasteiger partial charge < -0.3 is 10.6 Å². The minimum atomic E-state index is 0.235. The number of carbonyl (C=O) groups excluding carboxylic acids is 1. The van der Waals surface area contributed by atoms with Gasteiger partial charge in [0, 0.05) is 31.6 Å². The Bertz CT molecular complexity index is 452. The van der Waals surface area contributed by atoms with Crippen molar-refractivity contribution in [2.45, 2.75) is 45.6 Å². The summed E-state index contributed by atoms with van der Waals surface area (Å²) in [5, 5.41) is 0. The molecule has 0 amide bonds. The lowest BCUT2D eigenvalue weighted by Crippen LogP contribution is -2.46. The van der Waals surface area contributed by atoms with E-state index in [1.54, 1.807) is 0 Å². The number of nitrogens with zero attached hydrogens (tertiary/aromatic N) is 1. The maximum Gasteiger partial charge on any atom is 0.163 e. The summed E-state index contributed by atoms with van der Waals surface area (Å²) < 4.78 is 0. The quantitative estimate of drug-likeness (QED) is 0.710. The average Bonchev–Trinajstić information content (AvgIpc) is 2.48. The van der Waals surface area contributed by atoms with Crippen LogP contribution in [0.15, 0.2) is 24.3 Å². The molecule has 2 N–H and O–H groups in total. The average molecular weight is 288 g/mol. The van der Waals surface area contributed by atoms with Gasteiger partial charge in [-0.15, -0.1) is 0 Å². The van der Waals surface area contributed by atoms with Crippen molar-refractivity contribution in [3.63, 3.8) is 0 Å². The van der Waals surface area contributed by atoms with Crippen molar-refractivity contribution in [2.75, 3.05) is 19.6 Å². The predicted molar refractivity (Wildman–Crippen MR) is 87.4 cm³/mol. The molecule has 1 aromatic rings. The van der Waals surface area contributed by atoms with Gasteiger partial charge in [0.1, 0.15) is 0 Å². The second kappa shape index (κ2) is 8.30. The Labute approximate surface area is 128 Å². The fraction of sp³-hybridized carbons (Fsp3) is 0.611. The number of hydrogen-bond donors (Lipinski definition) is 1. The van der Waals surface area contributed by atoms with E-state index in [0.29, 0.717) is 13.0 Å². The predicted octanol–water partition coefficient (Wildman–Crippen LogP) is 3.23. The zero-order chi connectivity index (χ0) is 15.1. The lowest BCUT2D eigenvalue weighted by molar-refractivity contribution is 0.0851. The van der Waals surface area contributed by atoms with Gasteiger partial charge in [0.2, 0.25) is 0 Å². The van der Waals surface area contributed by atoms with Crippen molar-refractivity contribution in [3.8, 4) is 0 Å². The third kappa shape index (κ3) is 4.65. The Kier molecular flexibility index (Phi) is 6.40. The molecule has 116 valence electrons. The van der Waals surface area contributed by atoms with Gasteiger partial charge >= 0.3 is 0 Å². The lowest BCUT2D eigenvalue weighted by atomic mass is 9.93. The molecule has 0 spiro atoms. The van der Waals surface area contributed by atoms with Crippen LogP contribution in [0.1, 0.15) is 54.9 Å². The first-order chi connectivity index (χ1) is 10.2. The van der Waals surface area contributed by atoms with Crippen LogP contribution in [0.5, 0.6) is 0 Å². The maximum absolute atomic E-state index is 12.2. The Morgan fingerprint density at radius 2 is 2.05 bits per heavy atom. The summed E-state index contributed by atoms with van der Waals surface area (Å²) in [7, 11) is 0. The van der Waals surface area contributed by atoms with Crippen molar-refractivity contribution in [1.29, 1.82) is 0 Å². The Morgan fingerprint density at radius 1 is 1.29 bits per heavy atom. The normalized spacial score (nSPS) is 15.9. The molecule has 1 aliphatic rings. The van der Waals surface area contributed by atoms with Gasteiger partial charge in [-0.05, 0) is 30.9 Å². The number of hydrogen-bond acceptors (Lipinski definition) is 3. The molecule has 1 aromatic carbocycles. The SMILES string of the molecule is CCCCC1CN(CCCC(=O)c2ccccc2CN)C1. The van der Waals surface area contributed by atoms with Gasteiger partial charge in [-0.1, -0.05) is 44.0 Å². The highest BCUT2D eigenvalue weighted by atomic mass is 16.1. The summed E-state index contributed by atoms with van der Waals surface area (Å²) in [5.41, 5.74) is 7.46. The maximum atomic E-state index is 12.2. The number of unbranched alkanes of at least 4 members (excludes halogenated alkanes) is 1. The Balaban J connectivity index is 1.66. The minimum absolute atomic E-state index is 0.235. The van der Waals surface area contributed by atoms with E-state index in [0.717, 1.165) is 30.0 Å². The van der Waals surface area contributed by atoms with E-state index in [9.17, 15) is 4.79 Å². The summed E-state index contributed by atoms with van der Waals surface area (Å²) in [6.45, 7) is 6.20. The molecular weight excluding hydrogens is 260 g/mol. The first-order valence-corrected chi connectivity index (χ1v) is 8.28. The first-order valence-electron chi connectivity index (χ1n) is 8.28. The molecule has 1 fully saturated rings. The third-order valence-electron chi connectivity index (χ3n) is 4.41. The third-order valence-corrected chi connectivity index (χ3v) is 4.41. The van der Waals surface area contributed by atoms with E-state index in [2.05, 4.69) is 11.8 Å². The van der Waals surface area contributed by atoms with E-state index < -0.39 is 0 Å². The van der Waals surface area contributed by atoms with Crippen LogP contribution in [-0.2, 0) is 6.54 Å². The standard InChI is InChI=1S/C18H28N2O/c1-2-3-7-15-13-20(14-15)11-6-10-18(21)17-9-5-4-8-16(17)12-19/h4-5,8-9,15H,2-3,6-7,10-14,19H2,1H3. The first kappa shape index (κ1) is 16.2. The van der Waals surface area contributed by atoms with E-state index in [1.807, 2.05) is 24.3 Å². The molecule has 1 saturated heterocycles. The molecule has 2 rings (SSSR count). The van der Waals surface area contributed by atoms with Crippen molar-refractivity contribution >= 4 is 5.78 Å². The minimum Gasteiger partial charge on any atom is -0.326 e. The van der Waals surface area contributed by atoms with E-state index in [1.165, 1.54) is 32.4 Å². The van der Waals surface area contributed by atoms with Crippen LogP contribution in [0, 0.1) is 5.92 Å². The number of rotatable bonds is 9. The molecule has 1 heterocycles. The van der Waals surface area contributed by atoms with E-state index >= 15 is 0 Å². The van der Waals surface area contributed by atoms with Crippen molar-refractivity contribution < 1.29 is 4.79 Å². The number of carbonyl (C=O) groups is 1. The van der Waals surface area contributed by atoms with Crippen LogP contribution >= 0.6 is 0 Å². The lowest BCUT2D eigenvalue weighted by Gasteiger charge is -2.39. The summed E-state index contributed by atoms with van der Waals surface area (Å²) in [6.07, 6.45) is 5.61. The van der Waals surface area contributed by atoms with E-state index in [-0.39, 0.29) is 5.78 Å². The smallest absolute Gasteiger partial charge is 0.163 e. The van der Waals surface area contributed by atoms with Crippen LogP contribution in [0.4, 0.5) is 0 Å². The highest BCUT2D eigenvalue weighted by molar-refractivity contribution is 5.97. The molecule has 0 unspecified atom stereocenters. The van der Waals surface area contributed by atoms with Gasteiger partial charge in [-0.25, -0.2) is 0 Å². The zero-order valence-electron chi connectivity index (χ0n) is 13.2. The second-order valence-corrected chi connectivity index (χ2v) is 6.16. The van der Waals surface area contributed by atoms with Crippen LogP contribution in [-0.4, -0.2) is 30.3 Å². The van der Waals surface area contributed by atoms with Crippen LogP contribution in [0.2, 0.25) is 0 Å². The van der Waals surface area contributed by atoms with Gasteiger partial charge in [-0.3, -0.25) is 4.79 Å². The zero-order valence-corrected chi connectivity index (χ0v) is 13.2. The summed E-state index contributed by atoms with van der Waals surface area (Å²) in [5.74, 6) is 1.14. The Hall–Kier alpha value is -1.19. The summed E-state index contributed by atoms with van der Waals surface area (Å²) in [4.78, 5) is 14.7. The number of Topliss-reactive ketones (excluding diaryl/α,β-unsaturated/α-hetero) is 1. The van der Waals surface area contributed by atoms with Crippen molar-refractivity contribution in [2.24, 2.45) is 11.7 Å². The number of likely N-dealkylation sites (tertiary alicyclic amines) is 1. The van der Waals surface area contributed by atoms with Crippen LogP contribution in [0.25, 0.3) is 0 Å². The van der Waals surface area contributed by atoms with Crippen LogP contribution in [0.3, 0.4) is 0 Å². The molecule has 0 radical (unpaired) electrons. The number of nitrogens with two attached hydrogens (primary N) is 1. The highest BCUT2D eigenvalue weighted by Crippen LogP contribution is 2.21. The number of ketones is 1. The molecule has 1 aliphatic heterocycles. The fourth-order valence-electron chi connectivity index (χ4n) is 3.10. The molecular formula is C18H28N2O. The van der Waals surface area contributed by atoms with Crippen molar-refractivity contribution in [1.82, 2.24) is 4.90 Å². The largest absolute Gasteiger partial charge is 0.326 e. The second-order valence-electron chi connectivity index (χ2n) is 6.16. The summed E-state index contributed by atoms with van der Waals surface area (Å²) >= 11 is 0.